The summed E-state index contributed by atoms with van der Waals surface area (Å²) in [5.41, 5.74) is 0.659. The molecular formula is C17H19F2N3O2. The molecule has 2 aliphatic heterocycles. The third kappa shape index (κ3) is 2.71. The summed E-state index contributed by atoms with van der Waals surface area (Å²) in [6.07, 6.45) is 3.79. The van der Waals surface area contributed by atoms with E-state index < -0.39 is 11.6 Å². The summed E-state index contributed by atoms with van der Waals surface area (Å²) in [5, 5.41) is 10.3. The second-order valence-electron chi connectivity index (χ2n) is 6.48. The number of ether oxygens (including phenoxy) is 1. The lowest BCUT2D eigenvalue weighted by molar-refractivity contribution is -0.0438. The van der Waals surface area contributed by atoms with Crippen molar-refractivity contribution in [1.82, 2.24) is 9.97 Å². The highest BCUT2D eigenvalue weighted by molar-refractivity contribution is 5.75. The Morgan fingerprint density at radius 2 is 1.96 bits per heavy atom. The van der Waals surface area contributed by atoms with Crippen LogP contribution in [0.3, 0.4) is 0 Å². The zero-order chi connectivity index (χ0) is 16.7. The maximum Gasteiger partial charge on any atom is 0.161 e. The van der Waals surface area contributed by atoms with Crippen molar-refractivity contribution in [3.8, 4) is 0 Å². The molecule has 1 N–H and O–H groups in total. The molecule has 24 heavy (non-hydrogen) atoms. The SMILES string of the molecule is OC1CCOCC1C1CCCN1c1cnc2cc(F)c(F)cc2n1. The van der Waals surface area contributed by atoms with Gasteiger partial charge < -0.3 is 14.7 Å². The van der Waals surface area contributed by atoms with Gasteiger partial charge in [0, 0.05) is 37.2 Å². The fourth-order valence-corrected chi connectivity index (χ4v) is 3.77. The molecule has 2 aliphatic rings. The third-order valence-electron chi connectivity index (χ3n) is 5.02. The van der Waals surface area contributed by atoms with Gasteiger partial charge in [0.05, 0.1) is 29.9 Å². The zero-order valence-corrected chi connectivity index (χ0v) is 13.2. The number of aromatic nitrogens is 2. The fourth-order valence-electron chi connectivity index (χ4n) is 3.77. The van der Waals surface area contributed by atoms with Crippen molar-refractivity contribution in [1.29, 1.82) is 0 Å². The highest BCUT2D eigenvalue weighted by Crippen LogP contribution is 2.33. The first kappa shape index (κ1) is 15.7. The van der Waals surface area contributed by atoms with Crippen LogP contribution in [0.5, 0.6) is 0 Å². The number of aliphatic hydroxyl groups excluding tert-OH is 1. The molecule has 0 saturated carbocycles. The van der Waals surface area contributed by atoms with Crippen molar-refractivity contribution in [2.24, 2.45) is 5.92 Å². The molecule has 3 atom stereocenters. The Morgan fingerprint density at radius 3 is 2.75 bits per heavy atom. The Hall–Kier alpha value is -1.86. The van der Waals surface area contributed by atoms with Crippen molar-refractivity contribution in [3.05, 3.63) is 30.0 Å². The first-order valence-electron chi connectivity index (χ1n) is 8.28. The number of nitrogens with zero attached hydrogens (tertiary/aromatic N) is 3. The summed E-state index contributed by atoms with van der Waals surface area (Å²) in [7, 11) is 0. The number of hydrogen-bond donors (Lipinski definition) is 1. The van der Waals surface area contributed by atoms with Gasteiger partial charge in [-0.15, -0.1) is 0 Å². The standard InChI is InChI=1S/C17H19F2N3O2/c18-11-6-13-14(7-12(11)19)21-17(8-20-13)22-4-1-2-15(22)10-9-24-5-3-16(10)23/h6-8,10,15-16,23H,1-5,9H2. The van der Waals surface area contributed by atoms with Gasteiger partial charge in [-0.05, 0) is 19.3 Å². The molecule has 7 heteroatoms. The molecule has 0 spiro atoms. The number of anilines is 1. The van der Waals surface area contributed by atoms with E-state index in [4.69, 9.17) is 4.74 Å². The summed E-state index contributed by atoms with van der Waals surface area (Å²) < 4.78 is 32.3. The largest absolute Gasteiger partial charge is 0.393 e. The van der Waals surface area contributed by atoms with Crippen LogP contribution in [-0.4, -0.2) is 47.0 Å². The summed E-state index contributed by atoms with van der Waals surface area (Å²) in [5.74, 6) is -1.19. The van der Waals surface area contributed by atoms with Crippen LogP contribution in [0.2, 0.25) is 0 Å². The minimum atomic E-state index is -0.928. The molecule has 4 rings (SSSR count). The van der Waals surface area contributed by atoms with Gasteiger partial charge >= 0.3 is 0 Å². The quantitative estimate of drug-likeness (QED) is 0.912. The van der Waals surface area contributed by atoms with Gasteiger partial charge in [-0.25, -0.2) is 13.8 Å². The van der Waals surface area contributed by atoms with Gasteiger partial charge in [0.15, 0.2) is 11.6 Å². The molecule has 5 nitrogen and oxygen atoms in total. The molecule has 1 aromatic carbocycles. The monoisotopic (exact) mass is 335 g/mol. The molecule has 0 amide bonds. The highest BCUT2D eigenvalue weighted by Gasteiger charge is 2.38. The number of hydrogen-bond acceptors (Lipinski definition) is 5. The van der Waals surface area contributed by atoms with E-state index in [1.54, 1.807) is 6.20 Å². The Morgan fingerprint density at radius 1 is 1.17 bits per heavy atom. The molecule has 3 heterocycles. The predicted octanol–water partition coefficient (Wildman–Crippen LogP) is 2.27. The Kier molecular flexibility index (Phi) is 4.05. The minimum Gasteiger partial charge on any atom is -0.393 e. The van der Waals surface area contributed by atoms with Gasteiger partial charge in [0.2, 0.25) is 0 Å². The molecule has 2 fully saturated rings. The van der Waals surface area contributed by atoms with Crippen LogP contribution in [-0.2, 0) is 4.74 Å². The van der Waals surface area contributed by atoms with Crippen LogP contribution in [0.25, 0.3) is 11.0 Å². The molecule has 1 aromatic heterocycles. The molecule has 0 aliphatic carbocycles. The van der Waals surface area contributed by atoms with Crippen LogP contribution >= 0.6 is 0 Å². The van der Waals surface area contributed by atoms with Crippen molar-refractivity contribution < 1.29 is 18.6 Å². The van der Waals surface area contributed by atoms with Crippen molar-refractivity contribution >= 4 is 16.9 Å². The average molecular weight is 335 g/mol. The van der Waals surface area contributed by atoms with Gasteiger partial charge in [-0.1, -0.05) is 0 Å². The van der Waals surface area contributed by atoms with Crippen LogP contribution in [0, 0.1) is 17.6 Å². The second-order valence-corrected chi connectivity index (χ2v) is 6.48. The summed E-state index contributed by atoms with van der Waals surface area (Å²) in [6, 6.07) is 2.25. The predicted molar refractivity (Wildman–Crippen MR) is 84.8 cm³/mol. The lowest BCUT2D eigenvalue weighted by Gasteiger charge is -2.37. The Bertz CT molecular complexity index is 758. The van der Waals surface area contributed by atoms with Crippen LogP contribution in [0.15, 0.2) is 18.3 Å². The maximum absolute atomic E-state index is 13.5. The van der Waals surface area contributed by atoms with E-state index in [1.165, 1.54) is 0 Å². The number of halogens is 2. The molecule has 2 aromatic rings. The second kappa shape index (κ2) is 6.22. The Balaban J connectivity index is 1.66. The van der Waals surface area contributed by atoms with E-state index >= 15 is 0 Å². The summed E-state index contributed by atoms with van der Waals surface area (Å²) in [4.78, 5) is 10.8. The van der Waals surface area contributed by atoms with E-state index in [0.29, 0.717) is 36.5 Å². The summed E-state index contributed by atoms with van der Waals surface area (Å²) >= 11 is 0. The van der Waals surface area contributed by atoms with E-state index in [1.807, 2.05) is 0 Å². The van der Waals surface area contributed by atoms with Crippen LogP contribution in [0.4, 0.5) is 14.6 Å². The normalized spacial score (nSPS) is 27.8. The van der Waals surface area contributed by atoms with E-state index in [0.717, 1.165) is 31.5 Å². The highest BCUT2D eigenvalue weighted by atomic mass is 19.2. The van der Waals surface area contributed by atoms with E-state index in [9.17, 15) is 13.9 Å². The number of aliphatic hydroxyl groups is 1. The van der Waals surface area contributed by atoms with Crippen molar-refractivity contribution in [3.63, 3.8) is 0 Å². The number of fused-ring (bicyclic) bond motifs is 1. The molecule has 0 radical (unpaired) electrons. The van der Waals surface area contributed by atoms with Gasteiger partial charge in [0.1, 0.15) is 5.82 Å². The lowest BCUT2D eigenvalue weighted by Crippen LogP contribution is -2.46. The molecular weight excluding hydrogens is 316 g/mol. The maximum atomic E-state index is 13.5. The number of rotatable bonds is 2. The Labute approximate surface area is 138 Å². The molecule has 128 valence electrons. The zero-order valence-electron chi connectivity index (χ0n) is 13.2. The smallest absolute Gasteiger partial charge is 0.161 e. The van der Waals surface area contributed by atoms with Crippen molar-refractivity contribution in [2.75, 3.05) is 24.7 Å². The fraction of sp³-hybridized carbons (Fsp3) is 0.529. The van der Waals surface area contributed by atoms with E-state index in [-0.39, 0.29) is 18.1 Å². The molecule has 2 saturated heterocycles. The van der Waals surface area contributed by atoms with Gasteiger partial charge in [0.25, 0.3) is 0 Å². The lowest BCUT2D eigenvalue weighted by atomic mass is 9.89. The first-order valence-corrected chi connectivity index (χ1v) is 8.28. The first-order chi connectivity index (χ1) is 11.6. The van der Waals surface area contributed by atoms with Crippen molar-refractivity contribution in [2.45, 2.75) is 31.4 Å². The summed E-state index contributed by atoms with van der Waals surface area (Å²) in [6.45, 7) is 1.92. The van der Waals surface area contributed by atoms with Crippen LogP contribution < -0.4 is 4.90 Å². The molecule has 0 bridgehead atoms. The third-order valence-corrected chi connectivity index (χ3v) is 5.02. The number of benzene rings is 1. The topological polar surface area (TPSA) is 58.5 Å². The van der Waals surface area contributed by atoms with Crippen LogP contribution in [0.1, 0.15) is 19.3 Å². The minimum absolute atomic E-state index is 0.0312. The van der Waals surface area contributed by atoms with Gasteiger partial charge in [-0.2, -0.15) is 0 Å². The van der Waals surface area contributed by atoms with E-state index in [2.05, 4.69) is 14.9 Å². The average Bonchev–Trinajstić information content (AvgIpc) is 3.05. The van der Waals surface area contributed by atoms with Gasteiger partial charge in [-0.3, -0.25) is 4.98 Å². The molecule has 3 unspecified atom stereocenters.